The van der Waals surface area contributed by atoms with E-state index < -0.39 is 10.8 Å². The third kappa shape index (κ3) is 3.33. The Hall–Kier alpha value is -0.510. The predicted molar refractivity (Wildman–Crippen MR) is 63.4 cm³/mol. The molecule has 0 aromatic rings. The molecule has 0 saturated heterocycles. The quantitative estimate of drug-likeness (QED) is 0.713. The zero-order valence-electron chi connectivity index (χ0n) is 8.56. The molecule has 0 spiro atoms. The van der Waals surface area contributed by atoms with Gasteiger partial charge in [0.25, 0.3) is 0 Å². The monoisotopic (exact) mass is 218 g/mol. The van der Waals surface area contributed by atoms with Gasteiger partial charge in [0.05, 0.1) is 6.17 Å². The summed E-state index contributed by atoms with van der Waals surface area (Å²) in [5.74, 6) is 1.54. The molecule has 0 aliphatic carbocycles. The van der Waals surface area contributed by atoms with Crippen molar-refractivity contribution in [1.82, 2.24) is 9.80 Å². The average molecular weight is 218 g/mol. The lowest BCUT2D eigenvalue weighted by molar-refractivity contribution is 0.203. The smallest absolute Gasteiger partial charge is 0.0975 e. The molecule has 0 amide bonds. The van der Waals surface area contributed by atoms with Gasteiger partial charge in [-0.1, -0.05) is 14.4 Å². The van der Waals surface area contributed by atoms with Crippen LogP contribution in [-0.4, -0.2) is 45.3 Å². The van der Waals surface area contributed by atoms with Crippen molar-refractivity contribution < 1.29 is 4.21 Å². The first-order valence-electron chi connectivity index (χ1n) is 4.66. The maximum Gasteiger partial charge on any atom is 0.0975 e. The van der Waals surface area contributed by atoms with Gasteiger partial charge in [-0.3, -0.25) is 4.21 Å². The van der Waals surface area contributed by atoms with Gasteiger partial charge in [0, 0.05) is 48.3 Å². The zero-order valence-corrected chi connectivity index (χ0v) is 9.38. The van der Waals surface area contributed by atoms with Crippen LogP contribution in [0.2, 0.25) is 0 Å². The largest absolute Gasteiger partial charge is 0.359 e. The molecule has 1 aliphatic rings. The van der Waals surface area contributed by atoms with Crippen molar-refractivity contribution in [1.29, 1.82) is 0 Å². The molecule has 14 heavy (non-hydrogen) atoms. The van der Waals surface area contributed by atoms with Gasteiger partial charge in [-0.25, -0.2) is 0 Å². The molecule has 1 heterocycles. The highest BCUT2D eigenvalue weighted by Crippen LogP contribution is 2.12. The van der Waals surface area contributed by atoms with Gasteiger partial charge < -0.3 is 9.80 Å². The van der Waals surface area contributed by atoms with Gasteiger partial charge in [0.1, 0.15) is 0 Å². The molecule has 1 rings (SSSR count). The van der Waals surface area contributed by atoms with Crippen LogP contribution in [0.3, 0.4) is 0 Å². The summed E-state index contributed by atoms with van der Waals surface area (Å²) in [6.07, 6.45) is 4.53. The van der Waals surface area contributed by atoms with E-state index in [1.807, 2.05) is 6.92 Å². The van der Waals surface area contributed by atoms with Crippen molar-refractivity contribution in [3.05, 3.63) is 12.4 Å². The number of nitrogens with zero attached hydrogens (tertiary/aromatic N) is 2. The average Bonchev–Trinajstić information content (AvgIpc) is 2.44. The first-order chi connectivity index (χ1) is 6.15. The minimum atomic E-state index is -0.643. The Morgan fingerprint density at radius 1 is 1.43 bits per heavy atom. The van der Waals surface area contributed by atoms with Crippen molar-refractivity contribution in [3.8, 4) is 0 Å². The molecular weight excluding hydrogens is 196 g/mol. The van der Waals surface area contributed by atoms with E-state index in [4.69, 9.17) is 0 Å². The van der Waals surface area contributed by atoms with Crippen molar-refractivity contribution in [2.45, 2.75) is 27.4 Å². The fourth-order valence-electron chi connectivity index (χ4n) is 1.29. The van der Waals surface area contributed by atoms with E-state index in [9.17, 15) is 4.21 Å². The molecule has 2 unspecified atom stereocenters. The summed E-state index contributed by atoms with van der Waals surface area (Å²) in [4.78, 5) is 4.36. The second-order valence-electron chi connectivity index (χ2n) is 3.27. The Labute approximate surface area is 90.2 Å². The Morgan fingerprint density at radius 2 is 2.07 bits per heavy atom. The highest BCUT2D eigenvalue weighted by molar-refractivity contribution is 7.84. The summed E-state index contributed by atoms with van der Waals surface area (Å²) in [6.45, 7) is 5.00. The van der Waals surface area contributed by atoms with Crippen molar-refractivity contribution in [3.63, 3.8) is 0 Å². The Bertz CT molecular complexity index is 218. The third-order valence-electron chi connectivity index (χ3n) is 2.46. The molecule has 0 fully saturated rings. The summed E-state index contributed by atoms with van der Waals surface area (Å²) in [5.41, 5.74) is 0. The summed E-state index contributed by atoms with van der Waals surface area (Å²) < 4.78 is 11.2. The maximum absolute atomic E-state index is 11.2. The molecule has 0 aromatic heterocycles. The molecule has 84 valence electrons. The van der Waals surface area contributed by atoms with Crippen LogP contribution in [-0.2, 0) is 10.8 Å². The lowest BCUT2D eigenvalue weighted by Gasteiger charge is -2.26. The van der Waals surface area contributed by atoms with Crippen LogP contribution >= 0.6 is 0 Å². The molecule has 1 aliphatic heterocycles. The summed E-state index contributed by atoms with van der Waals surface area (Å²) in [7, 11) is 1.41. The standard InChI is InChI=1S/C9H18N2OS.CH4/c1-4-13(12)8-7-11-6-5-10(3)9(11)2;/h5-6,9H,4,7-8H2,1-3H3;1H4. The highest BCUT2D eigenvalue weighted by atomic mass is 32.2. The third-order valence-corrected chi connectivity index (χ3v) is 3.74. The molecule has 0 saturated carbocycles. The van der Waals surface area contributed by atoms with Gasteiger partial charge in [0.15, 0.2) is 0 Å². The Morgan fingerprint density at radius 3 is 2.50 bits per heavy atom. The van der Waals surface area contributed by atoms with Crippen molar-refractivity contribution in [2.24, 2.45) is 0 Å². The van der Waals surface area contributed by atoms with Crippen LogP contribution in [0.5, 0.6) is 0 Å². The number of hydrogen-bond acceptors (Lipinski definition) is 3. The van der Waals surface area contributed by atoms with Gasteiger partial charge >= 0.3 is 0 Å². The molecule has 0 radical (unpaired) electrons. The van der Waals surface area contributed by atoms with E-state index >= 15 is 0 Å². The predicted octanol–water partition coefficient (Wildman–Crippen LogP) is 1.46. The van der Waals surface area contributed by atoms with E-state index in [0.717, 1.165) is 18.1 Å². The lowest BCUT2D eigenvalue weighted by Crippen LogP contribution is -2.35. The van der Waals surface area contributed by atoms with E-state index in [0.29, 0.717) is 6.17 Å². The van der Waals surface area contributed by atoms with E-state index in [2.05, 4.69) is 36.2 Å². The molecule has 0 bridgehead atoms. The molecule has 0 aromatic carbocycles. The summed E-state index contributed by atoms with van der Waals surface area (Å²) in [6, 6.07) is 0. The summed E-state index contributed by atoms with van der Waals surface area (Å²) >= 11 is 0. The maximum atomic E-state index is 11.2. The Kier molecular flexibility index (Phi) is 5.84. The fourth-order valence-corrected chi connectivity index (χ4v) is 1.99. The minimum Gasteiger partial charge on any atom is -0.359 e. The van der Waals surface area contributed by atoms with E-state index in [1.165, 1.54) is 0 Å². The second kappa shape index (κ2) is 6.06. The van der Waals surface area contributed by atoms with Crippen LogP contribution in [0.25, 0.3) is 0 Å². The molecular formula is C10H22N2OS. The van der Waals surface area contributed by atoms with Crippen LogP contribution in [0, 0.1) is 0 Å². The zero-order chi connectivity index (χ0) is 9.84. The molecule has 2 atom stereocenters. The van der Waals surface area contributed by atoms with Gasteiger partial charge in [-0.15, -0.1) is 0 Å². The Balaban J connectivity index is 0.00000169. The fraction of sp³-hybridized carbons (Fsp3) is 0.800. The van der Waals surface area contributed by atoms with Crippen LogP contribution in [0.15, 0.2) is 12.4 Å². The molecule has 4 heteroatoms. The minimum absolute atomic E-state index is 0. The van der Waals surface area contributed by atoms with Crippen LogP contribution in [0.4, 0.5) is 0 Å². The topological polar surface area (TPSA) is 23.6 Å². The highest BCUT2D eigenvalue weighted by Gasteiger charge is 2.17. The molecule has 3 nitrogen and oxygen atoms in total. The van der Waals surface area contributed by atoms with E-state index in [-0.39, 0.29) is 7.43 Å². The van der Waals surface area contributed by atoms with Crippen molar-refractivity contribution >= 4 is 10.8 Å². The summed E-state index contributed by atoms with van der Waals surface area (Å²) in [5, 5.41) is 0. The normalized spacial score (nSPS) is 22.4. The van der Waals surface area contributed by atoms with E-state index in [1.54, 1.807) is 0 Å². The van der Waals surface area contributed by atoms with Crippen LogP contribution < -0.4 is 0 Å². The van der Waals surface area contributed by atoms with Gasteiger partial charge in [0.2, 0.25) is 0 Å². The van der Waals surface area contributed by atoms with Gasteiger partial charge in [-0.2, -0.15) is 0 Å². The lowest BCUT2D eigenvalue weighted by atomic mass is 10.5. The first-order valence-corrected chi connectivity index (χ1v) is 6.15. The van der Waals surface area contributed by atoms with Crippen molar-refractivity contribution in [2.75, 3.05) is 25.1 Å². The number of hydrogen-bond donors (Lipinski definition) is 0. The number of rotatable bonds is 4. The van der Waals surface area contributed by atoms with Gasteiger partial charge in [-0.05, 0) is 6.92 Å². The SMILES string of the molecule is C.CCS(=O)CCN1C=CN(C)C1C. The molecule has 0 N–H and O–H groups in total. The second-order valence-corrected chi connectivity index (χ2v) is 5.13. The first kappa shape index (κ1) is 13.5. The van der Waals surface area contributed by atoms with Crippen LogP contribution in [0.1, 0.15) is 21.3 Å².